The molecule has 4 rings (SSSR count). The summed E-state index contributed by atoms with van der Waals surface area (Å²) in [6.45, 7) is 2.45. The van der Waals surface area contributed by atoms with Gasteiger partial charge in [-0.15, -0.1) is 0 Å². The molecule has 0 radical (unpaired) electrons. The quantitative estimate of drug-likeness (QED) is 0.640. The molecule has 0 N–H and O–H groups in total. The fraction of sp³-hybridized carbons (Fsp3) is 0.421. The number of sulfonamides is 1. The van der Waals surface area contributed by atoms with Crippen molar-refractivity contribution in [2.75, 3.05) is 6.54 Å². The molecule has 0 unspecified atom stereocenters. The Labute approximate surface area is 163 Å². The number of hydrogen-bond donors (Lipinski definition) is 0. The highest BCUT2D eigenvalue weighted by Gasteiger charge is 2.38. The van der Waals surface area contributed by atoms with E-state index in [2.05, 4.69) is 4.98 Å². The Kier molecular flexibility index (Phi) is 5.01. The molecule has 1 aliphatic rings. The molecule has 1 aliphatic heterocycles. The molecule has 1 saturated heterocycles. The lowest BCUT2D eigenvalue weighted by atomic mass is 10.1. The second kappa shape index (κ2) is 7.30. The zero-order valence-electron chi connectivity index (χ0n) is 15.1. The molecule has 0 amide bonds. The molecule has 3 aromatic heterocycles. The summed E-state index contributed by atoms with van der Waals surface area (Å²) < 4.78 is 36.3. The summed E-state index contributed by atoms with van der Waals surface area (Å²) in [5, 5.41) is 0.0202. The minimum atomic E-state index is -3.85. The van der Waals surface area contributed by atoms with Gasteiger partial charge in [-0.2, -0.15) is 4.31 Å². The predicted octanol–water partition coefficient (Wildman–Crippen LogP) is 4.45. The zero-order valence-corrected chi connectivity index (χ0v) is 16.7. The maximum Gasteiger partial charge on any atom is 0.262 e. The molecule has 144 valence electrons. The molecule has 3 aromatic rings. The average Bonchev–Trinajstić information content (AvgIpc) is 3.17. The van der Waals surface area contributed by atoms with Crippen molar-refractivity contribution in [3.63, 3.8) is 0 Å². The van der Waals surface area contributed by atoms with E-state index in [4.69, 9.17) is 16.0 Å². The monoisotopic (exact) mass is 407 g/mol. The van der Waals surface area contributed by atoms with E-state index in [0.717, 1.165) is 37.9 Å². The van der Waals surface area contributed by atoms with E-state index < -0.39 is 10.0 Å². The first-order valence-corrected chi connectivity index (χ1v) is 11.1. The summed E-state index contributed by atoms with van der Waals surface area (Å²) in [5.74, 6) is 1.56. The fourth-order valence-electron chi connectivity index (χ4n) is 3.70. The van der Waals surface area contributed by atoms with E-state index in [1.807, 2.05) is 19.1 Å². The molecule has 0 saturated carbocycles. The molecule has 0 bridgehead atoms. The lowest BCUT2D eigenvalue weighted by Crippen LogP contribution is -2.35. The number of aromatic nitrogens is 2. The number of hydrogen-bond acceptors (Lipinski definition) is 4. The molecule has 0 aromatic carbocycles. The molecule has 27 heavy (non-hydrogen) atoms. The van der Waals surface area contributed by atoms with Gasteiger partial charge in [0, 0.05) is 19.2 Å². The van der Waals surface area contributed by atoms with Crippen LogP contribution in [0.1, 0.15) is 50.2 Å². The lowest BCUT2D eigenvalue weighted by Gasteiger charge is -2.27. The van der Waals surface area contributed by atoms with Gasteiger partial charge in [-0.3, -0.25) is 4.40 Å². The van der Waals surface area contributed by atoms with Crippen molar-refractivity contribution in [2.45, 2.75) is 50.1 Å². The third-order valence-corrected chi connectivity index (χ3v) is 7.37. The van der Waals surface area contributed by atoms with Crippen LogP contribution in [0.15, 0.2) is 46.0 Å². The third-order valence-electron chi connectivity index (χ3n) is 5.06. The standard InChI is InChI=1S/C19H22ClN3O3S/c1-2-14-10-11-16(26-14)15-8-4-3-6-13-23(15)27(24,25)19-18(20)21-17-9-5-7-12-22(17)19/h5,7,9-12,15H,2-4,6,8,13H2,1H3/t15-/m0/s1. The first-order chi connectivity index (χ1) is 13.0. The number of aryl methyl sites for hydroxylation is 1. The maximum absolute atomic E-state index is 13.6. The summed E-state index contributed by atoms with van der Waals surface area (Å²) in [7, 11) is -3.85. The van der Waals surface area contributed by atoms with Crippen LogP contribution >= 0.6 is 11.6 Å². The number of nitrogens with zero attached hydrogens (tertiary/aromatic N) is 3. The lowest BCUT2D eigenvalue weighted by molar-refractivity contribution is 0.279. The van der Waals surface area contributed by atoms with Crippen LogP contribution in [0.25, 0.3) is 5.65 Å². The van der Waals surface area contributed by atoms with E-state index >= 15 is 0 Å². The smallest absolute Gasteiger partial charge is 0.262 e. The first kappa shape index (κ1) is 18.5. The van der Waals surface area contributed by atoms with Gasteiger partial charge in [0.1, 0.15) is 17.2 Å². The van der Waals surface area contributed by atoms with Gasteiger partial charge in [-0.25, -0.2) is 13.4 Å². The van der Waals surface area contributed by atoms with Crippen LogP contribution in [0.2, 0.25) is 5.15 Å². The molecule has 0 aliphatic carbocycles. The molecule has 4 heterocycles. The van der Waals surface area contributed by atoms with Crippen molar-refractivity contribution < 1.29 is 12.8 Å². The number of imidazole rings is 1. The Morgan fingerprint density at radius 2 is 2.07 bits per heavy atom. The summed E-state index contributed by atoms with van der Waals surface area (Å²) in [5.41, 5.74) is 0.513. The molecule has 1 atom stereocenters. The van der Waals surface area contributed by atoms with Crippen LogP contribution < -0.4 is 0 Å². The van der Waals surface area contributed by atoms with E-state index in [1.165, 1.54) is 0 Å². The van der Waals surface area contributed by atoms with E-state index in [-0.39, 0.29) is 16.2 Å². The van der Waals surface area contributed by atoms with Crippen LogP contribution in [0.5, 0.6) is 0 Å². The van der Waals surface area contributed by atoms with Crippen molar-refractivity contribution in [3.8, 4) is 0 Å². The SMILES string of the molecule is CCc1ccc([C@@H]2CCCCCN2S(=O)(=O)c2c(Cl)nc3ccccn23)o1. The third kappa shape index (κ3) is 3.28. The van der Waals surface area contributed by atoms with Crippen molar-refractivity contribution >= 4 is 27.3 Å². The van der Waals surface area contributed by atoms with Gasteiger partial charge >= 0.3 is 0 Å². The van der Waals surface area contributed by atoms with Crippen molar-refractivity contribution in [1.82, 2.24) is 13.7 Å². The van der Waals surface area contributed by atoms with Gasteiger partial charge in [0.15, 0.2) is 10.2 Å². The summed E-state index contributed by atoms with van der Waals surface area (Å²) in [4.78, 5) is 4.21. The van der Waals surface area contributed by atoms with Gasteiger partial charge < -0.3 is 4.42 Å². The summed E-state index contributed by atoms with van der Waals surface area (Å²) in [6.07, 6.45) is 5.94. The second-order valence-corrected chi connectivity index (χ2v) is 8.94. The van der Waals surface area contributed by atoms with Crippen LogP contribution in [-0.4, -0.2) is 28.7 Å². The van der Waals surface area contributed by atoms with Gasteiger partial charge in [-0.05, 0) is 37.1 Å². The fourth-order valence-corrected chi connectivity index (χ4v) is 5.97. The highest BCUT2D eigenvalue weighted by molar-refractivity contribution is 7.89. The Morgan fingerprint density at radius 1 is 1.22 bits per heavy atom. The van der Waals surface area contributed by atoms with E-state index in [0.29, 0.717) is 18.0 Å². The van der Waals surface area contributed by atoms with Crippen molar-refractivity contribution in [1.29, 1.82) is 0 Å². The zero-order chi connectivity index (χ0) is 19.0. The number of furan rings is 1. The number of fused-ring (bicyclic) bond motifs is 1. The normalized spacial score (nSPS) is 19.4. The Balaban J connectivity index is 1.82. The Morgan fingerprint density at radius 3 is 2.85 bits per heavy atom. The van der Waals surface area contributed by atoms with E-state index in [1.54, 1.807) is 33.1 Å². The molecule has 6 nitrogen and oxygen atoms in total. The van der Waals surface area contributed by atoms with Gasteiger partial charge in [0.25, 0.3) is 10.0 Å². The van der Waals surface area contributed by atoms with Crippen LogP contribution in [0.4, 0.5) is 0 Å². The van der Waals surface area contributed by atoms with Gasteiger partial charge in [-0.1, -0.05) is 37.4 Å². The number of pyridine rings is 1. The van der Waals surface area contributed by atoms with Crippen molar-refractivity contribution in [2.24, 2.45) is 0 Å². The van der Waals surface area contributed by atoms with Crippen molar-refractivity contribution in [3.05, 3.63) is 53.2 Å². The summed E-state index contributed by atoms with van der Waals surface area (Å²) >= 11 is 6.27. The van der Waals surface area contributed by atoms with Crippen LogP contribution in [0, 0.1) is 0 Å². The summed E-state index contributed by atoms with van der Waals surface area (Å²) in [6, 6.07) is 8.80. The topological polar surface area (TPSA) is 67.8 Å². The molecular weight excluding hydrogens is 386 g/mol. The molecule has 1 fully saturated rings. The Bertz CT molecular complexity index is 1060. The van der Waals surface area contributed by atoms with E-state index in [9.17, 15) is 8.42 Å². The van der Waals surface area contributed by atoms with Crippen LogP contribution in [-0.2, 0) is 16.4 Å². The Hall–Kier alpha value is -1.83. The molecule has 0 spiro atoms. The predicted molar refractivity (Wildman–Crippen MR) is 103 cm³/mol. The molecular formula is C19H22ClN3O3S. The highest BCUT2D eigenvalue weighted by atomic mass is 35.5. The number of halogens is 1. The van der Waals surface area contributed by atoms with Gasteiger partial charge in [0.2, 0.25) is 0 Å². The second-order valence-electron chi connectivity index (χ2n) is 6.78. The van der Waals surface area contributed by atoms with Crippen LogP contribution in [0.3, 0.4) is 0 Å². The average molecular weight is 408 g/mol. The minimum absolute atomic E-state index is 0.00195. The largest absolute Gasteiger partial charge is 0.464 e. The minimum Gasteiger partial charge on any atom is -0.464 e. The first-order valence-electron chi connectivity index (χ1n) is 9.25. The highest BCUT2D eigenvalue weighted by Crippen LogP contribution is 2.37. The maximum atomic E-state index is 13.6. The van der Waals surface area contributed by atoms with Gasteiger partial charge in [0.05, 0.1) is 6.04 Å². The molecule has 8 heteroatoms. The number of rotatable bonds is 4.